The molecule has 0 fully saturated rings. The van der Waals surface area contributed by atoms with E-state index >= 15 is 0 Å². The molecule has 0 radical (unpaired) electrons. The zero-order valence-electron chi connectivity index (χ0n) is 10.5. The van der Waals surface area contributed by atoms with Gasteiger partial charge in [-0.2, -0.15) is 11.8 Å². The first-order chi connectivity index (χ1) is 8.51. The molecule has 1 aromatic heterocycles. The van der Waals surface area contributed by atoms with Crippen molar-refractivity contribution < 1.29 is 14.7 Å². The fourth-order valence-electron chi connectivity index (χ4n) is 1.48. The third kappa shape index (κ3) is 3.46. The standard InChI is InChI=1S/C11H16N2O3S2/c1-4-7(5-17-3)13(2)10(14)9-12-8(6-18-9)11(15)16/h6-7H,4-5H2,1-3H3,(H,15,16). The van der Waals surface area contributed by atoms with Crippen LogP contribution < -0.4 is 0 Å². The summed E-state index contributed by atoms with van der Waals surface area (Å²) >= 11 is 2.75. The summed E-state index contributed by atoms with van der Waals surface area (Å²) in [5.74, 6) is -0.465. The molecule has 0 aliphatic rings. The molecule has 0 saturated carbocycles. The highest BCUT2D eigenvalue weighted by Gasteiger charge is 2.22. The number of carboxylic acid groups (broad SMARTS) is 1. The van der Waals surface area contributed by atoms with Crippen LogP contribution in [0.4, 0.5) is 0 Å². The van der Waals surface area contributed by atoms with Gasteiger partial charge in [-0.25, -0.2) is 9.78 Å². The maximum Gasteiger partial charge on any atom is 0.355 e. The molecule has 0 aromatic carbocycles. The maximum absolute atomic E-state index is 12.1. The Morgan fingerprint density at radius 2 is 2.28 bits per heavy atom. The minimum Gasteiger partial charge on any atom is -0.476 e. The highest BCUT2D eigenvalue weighted by molar-refractivity contribution is 7.98. The van der Waals surface area contributed by atoms with Crippen LogP contribution in [0.2, 0.25) is 0 Å². The van der Waals surface area contributed by atoms with Crippen molar-refractivity contribution in [3.05, 3.63) is 16.1 Å². The van der Waals surface area contributed by atoms with Gasteiger partial charge in [0.05, 0.1) is 0 Å². The number of thioether (sulfide) groups is 1. The second-order valence-corrected chi connectivity index (χ2v) is 5.55. The predicted octanol–water partition coefficient (Wildman–Crippen LogP) is 2.05. The summed E-state index contributed by atoms with van der Waals surface area (Å²) in [5, 5.41) is 10.4. The van der Waals surface area contributed by atoms with E-state index in [2.05, 4.69) is 4.98 Å². The molecule has 0 aliphatic carbocycles. The Kier molecular flexibility index (Phi) is 5.61. The van der Waals surface area contributed by atoms with Crippen LogP contribution in [0, 0.1) is 0 Å². The fraction of sp³-hybridized carbons (Fsp3) is 0.545. The van der Waals surface area contributed by atoms with Crippen LogP contribution in [0.25, 0.3) is 0 Å². The van der Waals surface area contributed by atoms with E-state index in [1.165, 1.54) is 5.38 Å². The van der Waals surface area contributed by atoms with E-state index in [0.29, 0.717) is 0 Å². The average molecular weight is 288 g/mol. The lowest BCUT2D eigenvalue weighted by Crippen LogP contribution is -2.38. The third-order valence-corrected chi connectivity index (χ3v) is 4.15. The first-order valence-electron chi connectivity index (χ1n) is 5.46. The van der Waals surface area contributed by atoms with E-state index in [1.54, 1.807) is 23.7 Å². The van der Waals surface area contributed by atoms with E-state index in [0.717, 1.165) is 23.5 Å². The number of rotatable bonds is 6. The Balaban J connectivity index is 2.81. The summed E-state index contributed by atoms with van der Waals surface area (Å²) in [7, 11) is 1.73. The number of hydrogen-bond donors (Lipinski definition) is 1. The van der Waals surface area contributed by atoms with Crippen molar-refractivity contribution in [3.63, 3.8) is 0 Å². The zero-order chi connectivity index (χ0) is 13.7. The molecule has 5 nitrogen and oxygen atoms in total. The number of carbonyl (C=O) groups excluding carboxylic acids is 1. The van der Waals surface area contributed by atoms with Gasteiger partial charge in [0.25, 0.3) is 5.91 Å². The number of hydrogen-bond acceptors (Lipinski definition) is 5. The number of aromatic nitrogens is 1. The van der Waals surface area contributed by atoms with Crippen LogP contribution in [0.3, 0.4) is 0 Å². The SMILES string of the molecule is CCC(CSC)N(C)C(=O)c1nc(C(=O)O)cs1. The van der Waals surface area contributed by atoms with Gasteiger partial charge in [0, 0.05) is 24.2 Å². The molecule has 1 unspecified atom stereocenters. The van der Waals surface area contributed by atoms with Crippen molar-refractivity contribution in [3.8, 4) is 0 Å². The topological polar surface area (TPSA) is 70.5 Å². The molecule has 0 aliphatic heterocycles. The molecule has 1 N–H and O–H groups in total. The first-order valence-corrected chi connectivity index (χ1v) is 7.73. The van der Waals surface area contributed by atoms with Gasteiger partial charge in [-0.3, -0.25) is 4.79 Å². The Morgan fingerprint density at radius 1 is 1.61 bits per heavy atom. The quantitative estimate of drug-likeness (QED) is 0.867. The minimum atomic E-state index is -1.11. The molecule has 100 valence electrons. The van der Waals surface area contributed by atoms with Gasteiger partial charge >= 0.3 is 5.97 Å². The first kappa shape index (κ1) is 15.0. The predicted molar refractivity (Wildman–Crippen MR) is 73.6 cm³/mol. The highest BCUT2D eigenvalue weighted by atomic mass is 32.2. The van der Waals surface area contributed by atoms with Crippen LogP contribution in [0.5, 0.6) is 0 Å². The highest BCUT2D eigenvalue weighted by Crippen LogP contribution is 2.16. The molecule has 1 rings (SSSR count). The molecular formula is C11H16N2O3S2. The molecule has 7 heteroatoms. The number of carboxylic acids is 1. The summed E-state index contributed by atoms with van der Waals surface area (Å²) in [6.45, 7) is 2.02. The van der Waals surface area contributed by atoms with E-state index in [1.807, 2.05) is 13.2 Å². The van der Waals surface area contributed by atoms with Gasteiger partial charge in [-0.1, -0.05) is 6.92 Å². The van der Waals surface area contributed by atoms with Crippen LogP contribution in [0.1, 0.15) is 33.6 Å². The molecule has 1 heterocycles. The normalized spacial score (nSPS) is 12.2. The smallest absolute Gasteiger partial charge is 0.355 e. The monoisotopic (exact) mass is 288 g/mol. The minimum absolute atomic E-state index is 0.0744. The molecule has 1 amide bonds. The maximum atomic E-state index is 12.1. The van der Waals surface area contributed by atoms with Gasteiger partial charge in [-0.15, -0.1) is 11.3 Å². The molecule has 0 spiro atoms. The summed E-state index contributed by atoms with van der Waals surface area (Å²) in [4.78, 5) is 28.3. The van der Waals surface area contributed by atoms with E-state index in [-0.39, 0.29) is 22.7 Å². The Bertz CT molecular complexity index is 434. The lowest BCUT2D eigenvalue weighted by Gasteiger charge is -2.25. The van der Waals surface area contributed by atoms with Crippen molar-refractivity contribution in [2.24, 2.45) is 0 Å². The molecule has 1 aromatic rings. The van der Waals surface area contributed by atoms with Crippen molar-refractivity contribution in [1.29, 1.82) is 0 Å². The van der Waals surface area contributed by atoms with Crippen molar-refractivity contribution in [1.82, 2.24) is 9.88 Å². The van der Waals surface area contributed by atoms with Crippen LogP contribution in [0.15, 0.2) is 5.38 Å². The molecule has 0 saturated heterocycles. The van der Waals surface area contributed by atoms with Gasteiger partial charge < -0.3 is 10.0 Å². The Labute approximate surface area is 114 Å². The number of nitrogens with zero attached hydrogens (tertiary/aromatic N) is 2. The Morgan fingerprint density at radius 3 is 2.72 bits per heavy atom. The number of carbonyl (C=O) groups is 2. The lowest BCUT2D eigenvalue weighted by atomic mass is 10.2. The van der Waals surface area contributed by atoms with Crippen molar-refractivity contribution in [2.45, 2.75) is 19.4 Å². The number of thiazole rings is 1. The molecular weight excluding hydrogens is 272 g/mol. The molecule has 18 heavy (non-hydrogen) atoms. The Hall–Kier alpha value is -1.08. The fourth-order valence-corrected chi connectivity index (χ4v) is 3.10. The number of amides is 1. The van der Waals surface area contributed by atoms with Gasteiger partial charge in [-0.05, 0) is 12.7 Å². The van der Waals surface area contributed by atoms with Crippen molar-refractivity contribution >= 4 is 35.0 Å². The van der Waals surface area contributed by atoms with E-state index in [9.17, 15) is 9.59 Å². The summed E-state index contributed by atoms with van der Waals surface area (Å²) in [5.41, 5.74) is -0.0744. The van der Waals surface area contributed by atoms with Crippen LogP contribution >= 0.6 is 23.1 Å². The largest absolute Gasteiger partial charge is 0.476 e. The van der Waals surface area contributed by atoms with Gasteiger partial charge in [0.1, 0.15) is 0 Å². The van der Waals surface area contributed by atoms with Gasteiger partial charge in [0.15, 0.2) is 10.7 Å². The van der Waals surface area contributed by atoms with Crippen LogP contribution in [-0.4, -0.2) is 52.0 Å². The number of aromatic carboxylic acids is 1. The van der Waals surface area contributed by atoms with Crippen LogP contribution in [-0.2, 0) is 0 Å². The molecule has 0 bridgehead atoms. The zero-order valence-corrected chi connectivity index (χ0v) is 12.2. The average Bonchev–Trinajstić information content (AvgIpc) is 2.83. The van der Waals surface area contributed by atoms with E-state index in [4.69, 9.17) is 5.11 Å². The summed E-state index contributed by atoms with van der Waals surface area (Å²) in [6, 6.07) is 0.143. The molecule has 1 atom stereocenters. The lowest BCUT2D eigenvalue weighted by molar-refractivity contribution is 0.0691. The summed E-state index contributed by atoms with van der Waals surface area (Å²) in [6.07, 6.45) is 2.85. The second kappa shape index (κ2) is 6.75. The summed E-state index contributed by atoms with van der Waals surface area (Å²) < 4.78 is 0. The second-order valence-electron chi connectivity index (χ2n) is 3.78. The van der Waals surface area contributed by atoms with E-state index < -0.39 is 5.97 Å². The van der Waals surface area contributed by atoms with Crippen molar-refractivity contribution in [2.75, 3.05) is 19.1 Å². The third-order valence-electron chi connectivity index (χ3n) is 2.60. The van der Waals surface area contributed by atoms with Gasteiger partial charge in [0.2, 0.25) is 0 Å².